The van der Waals surface area contributed by atoms with Crippen molar-refractivity contribution in [3.05, 3.63) is 29.8 Å². The van der Waals surface area contributed by atoms with Crippen molar-refractivity contribution in [1.29, 1.82) is 5.26 Å². The molecule has 4 nitrogen and oxygen atoms in total. The number of ether oxygens (including phenoxy) is 1. The van der Waals surface area contributed by atoms with E-state index in [-0.39, 0.29) is 13.2 Å². The first kappa shape index (κ1) is 15.5. The topological polar surface area (TPSA) is 65.3 Å². The molecular weight excluding hydrogens is 240 g/mol. The van der Waals surface area contributed by atoms with E-state index >= 15 is 0 Å². The third kappa shape index (κ3) is 5.73. The molecular formula is C15H22N2O2. The van der Waals surface area contributed by atoms with E-state index in [2.05, 4.69) is 19.2 Å². The minimum Gasteiger partial charge on any atom is -0.479 e. The Balaban J connectivity index is 2.54. The van der Waals surface area contributed by atoms with Crippen LogP contribution in [0.3, 0.4) is 0 Å². The van der Waals surface area contributed by atoms with Gasteiger partial charge in [0, 0.05) is 19.2 Å². The molecule has 104 valence electrons. The Hall–Kier alpha value is -1.57. The smallest absolute Gasteiger partial charge is 0.174 e. The zero-order valence-corrected chi connectivity index (χ0v) is 11.6. The minimum absolute atomic E-state index is 0.0655. The summed E-state index contributed by atoms with van der Waals surface area (Å²) in [5.41, 5.74) is 1.11. The number of hydrogen-bond acceptors (Lipinski definition) is 4. The van der Waals surface area contributed by atoms with Gasteiger partial charge in [-0.15, -0.1) is 0 Å². The van der Waals surface area contributed by atoms with Crippen molar-refractivity contribution in [3.8, 4) is 11.8 Å². The van der Waals surface area contributed by atoms with E-state index in [0.29, 0.717) is 17.7 Å². The van der Waals surface area contributed by atoms with E-state index in [1.54, 1.807) is 0 Å². The van der Waals surface area contributed by atoms with E-state index in [9.17, 15) is 0 Å². The zero-order valence-electron chi connectivity index (χ0n) is 11.6. The van der Waals surface area contributed by atoms with Crippen molar-refractivity contribution >= 4 is 0 Å². The Bertz CT molecular complexity index is 413. The molecule has 0 spiro atoms. The van der Waals surface area contributed by atoms with Gasteiger partial charge in [0.25, 0.3) is 0 Å². The van der Waals surface area contributed by atoms with Crippen molar-refractivity contribution < 1.29 is 9.84 Å². The standard InChI is InChI=1S/C15H22N2O2/c1-12(2)15(6-8-18)17-11-13-4-3-5-14(10-13)19-9-7-16/h3-5,10,12,15,17-18H,6,8-9,11H2,1-2H3. The van der Waals surface area contributed by atoms with E-state index in [0.717, 1.165) is 18.5 Å². The molecule has 1 aromatic rings. The number of hydrogen-bond donors (Lipinski definition) is 2. The molecule has 0 fully saturated rings. The highest BCUT2D eigenvalue weighted by molar-refractivity contribution is 5.28. The molecule has 19 heavy (non-hydrogen) atoms. The van der Waals surface area contributed by atoms with Gasteiger partial charge in [-0.05, 0) is 30.0 Å². The van der Waals surface area contributed by atoms with Crippen LogP contribution in [-0.2, 0) is 6.54 Å². The van der Waals surface area contributed by atoms with E-state index in [1.165, 1.54) is 0 Å². The number of aliphatic hydroxyl groups excluding tert-OH is 1. The largest absolute Gasteiger partial charge is 0.479 e. The molecule has 1 aromatic carbocycles. The third-order valence-electron chi connectivity index (χ3n) is 3.02. The molecule has 1 atom stereocenters. The summed E-state index contributed by atoms with van der Waals surface area (Å²) in [7, 11) is 0. The molecule has 1 rings (SSSR count). The number of nitrogens with zero attached hydrogens (tertiary/aromatic N) is 1. The third-order valence-corrected chi connectivity index (χ3v) is 3.02. The van der Waals surface area contributed by atoms with E-state index in [4.69, 9.17) is 15.1 Å². The first-order valence-electron chi connectivity index (χ1n) is 6.60. The van der Waals surface area contributed by atoms with Crippen LogP contribution < -0.4 is 10.1 Å². The van der Waals surface area contributed by atoms with Gasteiger partial charge in [0.05, 0.1) is 0 Å². The Morgan fingerprint density at radius 1 is 1.42 bits per heavy atom. The maximum atomic E-state index is 9.03. The van der Waals surface area contributed by atoms with Gasteiger partial charge in [0.15, 0.2) is 6.61 Å². The van der Waals surface area contributed by atoms with Gasteiger partial charge in [-0.1, -0.05) is 26.0 Å². The molecule has 4 heteroatoms. The molecule has 0 bridgehead atoms. The fourth-order valence-corrected chi connectivity index (χ4v) is 1.92. The highest BCUT2D eigenvalue weighted by atomic mass is 16.5. The second-order valence-electron chi connectivity index (χ2n) is 4.84. The molecule has 0 heterocycles. The molecule has 0 saturated carbocycles. The summed E-state index contributed by atoms with van der Waals surface area (Å²) in [4.78, 5) is 0. The van der Waals surface area contributed by atoms with Crippen molar-refractivity contribution in [3.63, 3.8) is 0 Å². The van der Waals surface area contributed by atoms with E-state index < -0.39 is 0 Å². The molecule has 1 unspecified atom stereocenters. The van der Waals surface area contributed by atoms with Crippen LogP contribution in [-0.4, -0.2) is 24.4 Å². The maximum Gasteiger partial charge on any atom is 0.174 e. The highest BCUT2D eigenvalue weighted by Gasteiger charge is 2.11. The highest BCUT2D eigenvalue weighted by Crippen LogP contribution is 2.14. The Labute approximate surface area is 115 Å². The Morgan fingerprint density at radius 3 is 2.84 bits per heavy atom. The van der Waals surface area contributed by atoms with Gasteiger partial charge in [0.2, 0.25) is 0 Å². The molecule has 0 radical (unpaired) electrons. The molecule has 0 aliphatic carbocycles. The van der Waals surface area contributed by atoms with Crippen LogP contribution in [0.5, 0.6) is 5.75 Å². The number of nitriles is 1. The zero-order chi connectivity index (χ0) is 14.1. The van der Waals surface area contributed by atoms with Crippen LogP contribution in [0.25, 0.3) is 0 Å². The van der Waals surface area contributed by atoms with Crippen LogP contribution in [0.15, 0.2) is 24.3 Å². The van der Waals surface area contributed by atoms with Gasteiger partial charge in [0.1, 0.15) is 11.8 Å². The fourth-order valence-electron chi connectivity index (χ4n) is 1.92. The molecule has 0 amide bonds. The summed E-state index contributed by atoms with van der Waals surface area (Å²) in [6.45, 7) is 5.27. The van der Waals surface area contributed by atoms with Gasteiger partial charge in [-0.3, -0.25) is 0 Å². The molecule has 0 saturated heterocycles. The predicted molar refractivity (Wildman–Crippen MR) is 74.7 cm³/mol. The summed E-state index contributed by atoms with van der Waals surface area (Å²) >= 11 is 0. The molecule has 0 aromatic heterocycles. The normalized spacial score (nSPS) is 12.2. The SMILES string of the molecule is CC(C)C(CCO)NCc1cccc(OCC#N)c1. The number of nitrogens with one attached hydrogen (secondary N) is 1. The predicted octanol–water partition coefficient (Wildman–Crippen LogP) is 2.09. The Morgan fingerprint density at radius 2 is 2.21 bits per heavy atom. The lowest BCUT2D eigenvalue weighted by Crippen LogP contribution is -2.34. The van der Waals surface area contributed by atoms with E-state index in [1.807, 2.05) is 30.3 Å². The van der Waals surface area contributed by atoms with Crippen LogP contribution in [0, 0.1) is 17.2 Å². The average Bonchev–Trinajstić information content (AvgIpc) is 2.41. The average molecular weight is 262 g/mol. The first-order valence-corrected chi connectivity index (χ1v) is 6.60. The van der Waals surface area contributed by atoms with Crippen molar-refractivity contribution in [1.82, 2.24) is 5.32 Å². The lowest BCUT2D eigenvalue weighted by Gasteiger charge is -2.21. The summed E-state index contributed by atoms with van der Waals surface area (Å²) in [6.07, 6.45) is 0.752. The second kappa shape index (κ2) is 8.52. The summed E-state index contributed by atoms with van der Waals surface area (Å²) in [6, 6.07) is 9.96. The number of benzene rings is 1. The van der Waals surface area contributed by atoms with Crippen molar-refractivity contribution in [2.45, 2.75) is 32.9 Å². The molecule has 2 N–H and O–H groups in total. The van der Waals surface area contributed by atoms with Crippen LogP contribution in [0.4, 0.5) is 0 Å². The number of aliphatic hydroxyl groups is 1. The molecule has 0 aliphatic heterocycles. The molecule has 0 aliphatic rings. The van der Waals surface area contributed by atoms with Crippen LogP contribution >= 0.6 is 0 Å². The van der Waals surface area contributed by atoms with Gasteiger partial charge < -0.3 is 15.2 Å². The maximum absolute atomic E-state index is 9.03. The first-order chi connectivity index (χ1) is 9.17. The minimum atomic E-state index is 0.0655. The van der Waals surface area contributed by atoms with Gasteiger partial charge in [-0.25, -0.2) is 0 Å². The lowest BCUT2D eigenvalue weighted by atomic mass is 10.0. The van der Waals surface area contributed by atoms with Gasteiger partial charge >= 0.3 is 0 Å². The summed E-state index contributed by atoms with van der Waals surface area (Å²) in [5.74, 6) is 1.19. The quantitative estimate of drug-likeness (QED) is 0.753. The summed E-state index contributed by atoms with van der Waals surface area (Å²) < 4.78 is 5.27. The van der Waals surface area contributed by atoms with Crippen molar-refractivity contribution in [2.75, 3.05) is 13.2 Å². The van der Waals surface area contributed by atoms with Crippen molar-refractivity contribution in [2.24, 2.45) is 5.92 Å². The lowest BCUT2D eigenvalue weighted by molar-refractivity contribution is 0.244. The van der Waals surface area contributed by atoms with Crippen LogP contribution in [0.2, 0.25) is 0 Å². The number of rotatable bonds is 8. The Kier molecular flexibility index (Phi) is 6.94. The summed E-state index contributed by atoms with van der Waals surface area (Å²) in [5, 5.41) is 21.0. The monoisotopic (exact) mass is 262 g/mol. The second-order valence-corrected chi connectivity index (χ2v) is 4.84. The van der Waals surface area contributed by atoms with Gasteiger partial charge in [-0.2, -0.15) is 5.26 Å². The van der Waals surface area contributed by atoms with Crippen LogP contribution in [0.1, 0.15) is 25.8 Å². The fraction of sp³-hybridized carbons (Fsp3) is 0.533.